The monoisotopic (exact) mass is 393 g/mol. The molecule has 0 saturated carbocycles. The van der Waals surface area contributed by atoms with Gasteiger partial charge in [-0.2, -0.15) is 0 Å². The fourth-order valence-corrected chi connectivity index (χ4v) is 2.80. The number of benzene rings is 2. The summed E-state index contributed by atoms with van der Waals surface area (Å²) in [6.45, 7) is 7.83. The molecule has 0 radical (unpaired) electrons. The van der Waals surface area contributed by atoms with Crippen LogP contribution in [0.25, 0.3) is 11.1 Å². The summed E-state index contributed by atoms with van der Waals surface area (Å²) >= 11 is 0. The van der Waals surface area contributed by atoms with Crippen LogP contribution in [-0.2, 0) is 6.54 Å². The first kappa shape index (κ1) is 23.2. The normalized spacial score (nSPS) is 10.3. The number of anilines is 2. The molecule has 0 unspecified atom stereocenters. The molecule has 7 heteroatoms. The number of nitrogens with two attached hydrogens (primary N) is 2. The smallest absolute Gasteiger partial charge is 0.406 e. The minimum atomic E-state index is -4.72. The molecule has 28 heavy (non-hydrogen) atoms. The van der Waals surface area contributed by atoms with E-state index < -0.39 is 6.36 Å². The van der Waals surface area contributed by atoms with E-state index in [1.807, 2.05) is 26.8 Å². The molecule has 2 aromatic carbocycles. The summed E-state index contributed by atoms with van der Waals surface area (Å²) in [7, 11) is 1.79. The van der Waals surface area contributed by atoms with Gasteiger partial charge < -0.3 is 21.1 Å². The predicted molar refractivity (Wildman–Crippen MR) is 109 cm³/mol. The lowest BCUT2D eigenvalue weighted by atomic mass is 9.94. The Balaban J connectivity index is 0.00000190. The second-order valence-electron chi connectivity index (χ2n) is 5.67. The standard InChI is InChI=1S/C19H20F3N3O.C2H6/c1-4-9-25(3)18-12(2)16(10-14(11-23)17(18)24)13-5-7-15(8-6-13)26-19(20,21)22;1-2/h5-8,10H,11,23-24H2,1-3H3;1-2H3. The van der Waals surface area contributed by atoms with Gasteiger partial charge in [-0.25, -0.2) is 0 Å². The average molecular weight is 393 g/mol. The van der Waals surface area contributed by atoms with Crippen LogP contribution in [0.1, 0.15) is 31.9 Å². The number of hydrogen-bond acceptors (Lipinski definition) is 4. The summed E-state index contributed by atoms with van der Waals surface area (Å²) in [6, 6.07) is 10.5. The van der Waals surface area contributed by atoms with Crippen molar-refractivity contribution in [3.8, 4) is 28.8 Å². The van der Waals surface area contributed by atoms with Crippen molar-refractivity contribution in [2.24, 2.45) is 5.73 Å². The Morgan fingerprint density at radius 1 is 1.14 bits per heavy atom. The third kappa shape index (κ3) is 5.57. The van der Waals surface area contributed by atoms with Gasteiger partial charge in [0, 0.05) is 19.6 Å². The Bertz CT molecular complexity index is 850. The molecule has 0 aromatic heterocycles. The first-order valence-electron chi connectivity index (χ1n) is 8.82. The molecular formula is C21H26F3N3O. The fourth-order valence-electron chi connectivity index (χ4n) is 2.80. The first-order valence-corrected chi connectivity index (χ1v) is 8.82. The Morgan fingerprint density at radius 3 is 2.18 bits per heavy atom. The lowest BCUT2D eigenvalue weighted by Gasteiger charge is -2.22. The Labute approximate surface area is 164 Å². The van der Waals surface area contributed by atoms with Gasteiger partial charge in [-0.05, 0) is 54.3 Å². The molecule has 2 aromatic rings. The van der Waals surface area contributed by atoms with Gasteiger partial charge in [-0.1, -0.05) is 31.9 Å². The van der Waals surface area contributed by atoms with Crippen molar-refractivity contribution in [1.82, 2.24) is 0 Å². The van der Waals surface area contributed by atoms with Crippen LogP contribution in [0.4, 0.5) is 24.5 Å². The maximum atomic E-state index is 12.3. The van der Waals surface area contributed by atoms with Crippen molar-refractivity contribution in [2.45, 2.75) is 40.6 Å². The van der Waals surface area contributed by atoms with Crippen molar-refractivity contribution < 1.29 is 17.9 Å². The highest BCUT2D eigenvalue weighted by Crippen LogP contribution is 2.38. The van der Waals surface area contributed by atoms with E-state index in [9.17, 15) is 13.2 Å². The predicted octanol–water partition coefficient (Wildman–Crippen LogP) is 5.04. The topological polar surface area (TPSA) is 64.5 Å². The van der Waals surface area contributed by atoms with E-state index in [0.717, 1.165) is 27.9 Å². The molecule has 152 valence electrons. The largest absolute Gasteiger partial charge is 0.573 e. The molecule has 0 bridgehead atoms. The van der Waals surface area contributed by atoms with Crippen LogP contribution in [0.3, 0.4) is 0 Å². The highest BCUT2D eigenvalue weighted by Gasteiger charge is 2.31. The van der Waals surface area contributed by atoms with E-state index in [-0.39, 0.29) is 12.3 Å². The first-order chi connectivity index (χ1) is 13.2. The van der Waals surface area contributed by atoms with Gasteiger partial charge in [-0.15, -0.1) is 13.2 Å². The van der Waals surface area contributed by atoms with Crippen molar-refractivity contribution in [2.75, 3.05) is 17.7 Å². The Kier molecular flexibility index (Phi) is 8.20. The minimum absolute atomic E-state index is 0.231. The number of ether oxygens (including phenoxy) is 1. The zero-order valence-electron chi connectivity index (χ0n) is 16.7. The maximum absolute atomic E-state index is 12.3. The summed E-state index contributed by atoms with van der Waals surface area (Å²) in [5.41, 5.74) is 16.4. The van der Waals surface area contributed by atoms with Gasteiger partial charge in [0.05, 0.1) is 11.4 Å². The highest BCUT2D eigenvalue weighted by atomic mass is 19.4. The third-order valence-electron chi connectivity index (χ3n) is 3.91. The number of nitrogen functional groups attached to an aromatic ring is 1. The molecule has 4 N–H and O–H groups in total. The second-order valence-corrected chi connectivity index (χ2v) is 5.67. The van der Waals surface area contributed by atoms with Gasteiger partial charge >= 0.3 is 6.36 Å². The summed E-state index contributed by atoms with van der Waals surface area (Å²) < 4.78 is 40.9. The zero-order valence-corrected chi connectivity index (χ0v) is 16.7. The third-order valence-corrected chi connectivity index (χ3v) is 3.91. The Hall–Kier alpha value is -2.85. The van der Waals surface area contributed by atoms with Gasteiger partial charge in [0.25, 0.3) is 0 Å². The zero-order chi connectivity index (χ0) is 21.5. The van der Waals surface area contributed by atoms with Gasteiger partial charge in [0.1, 0.15) is 5.75 Å². The van der Waals surface area contributed by atoms with Crippen LogP contribution in [0, 0.1) is 18.9 Å². The van der Waals surface area contributed by atoms with Gasteiger partial charge in [0.15, 0.2) is 0 Å². The van der Waals surface area contributed by atoms with Crippen LogP contribution < -0.4 is 21.1 Å². The minimum Gasteiger partial charge on any atom is -0.406 e. The number of hydrogen-bond donors (Lipinski definition) is 2. The van der Waals surface area contributed by atoms with E-state index >= 15 is 0 Å². The van der Waals surface area contributed by atoms with Crippen molar-refractivity contribution in [1.29, 1.82) is 0 Å². The molecule has 0 aliphatic heterocycles. The molecule has 0 saturated heterocycles. The molecular weight excluding hydrogens is 367 g/mol. The molecule has 0 aliphatic carbocycles. The lowest BCUT2D eigenvalue weighted by Crippen LogP contribution is -2.17. The van der Waals surface area contributed by atoms with Gasteiger partial charge in [0.2, 0.25) is 0 Å². The molecule has 0 aliphatic rings. The van der Waals surface area contributed by atoms with E-state index in [4.69, 9.17) is 11.5 Å². The lowest BCUT2D eigenvalue weighted by molar-refractivity contribution is -0.274. The van der Waals surface area contributed by atoms with Crippen LogP contribution in [-0.4, -0.2) is 13.4 Å². The summed E-state index contributed by atoms with van der Waals surface area (Å²) in [6.07, 6.45) is -4.72. The van der Waals surface area contributed by atoms with E-state index in [1.54, 1.807) is 31.0 Å². The van der Waals surface area contributed by atoms with Crippen LogP contribution in [0.5, 0.6) is 5.75 Å². The van der Waals surface area contributed by atoms with Crippen molar-refractivity contribution in [3.63, 3.8) is 0 Å². The van der Waals surface area contributed by atoms with E-state index in [1.165, 1.54) is 12.1 Å². The number of rotatable bonds is 4. The van der Waals surface area contributed by atoms with Crippen LogP contribution in [0.2, 0.25) is 0 Å². The SMILES string of the molecule is CC.CC#CN(C)c1c(C)c(-c2ccc(OC(F)(F)F)cc2)cc(CN)c1N. The molecule has 0 fully saturated rings. The summed E-state index contributed by atoms with van der Waals surface area (Å²) in [5, 5.41) is 0. The molecule has 0 amide bonds. The Morgan fingerprint density at radius 2 is 1.71 bits per heavy atom. The van der Waals surface area contributed by atoms with Gasteiger partial charge in [-0.3, -0.25) is 0 Å². The highest BCUT2D eigenvalue weighted by molar-refractivity contribution is 5.85. The van der Waals surface area contributed by atoms with E-state index in [0.29, 0.717) is 5.69 Å². The van der Waals surface area contributed by atoms with Crippen molar-refractivity contribution in [3.05, 3.63) is 41.5 Å². The molecule has 0 atom stereocenters. The number of halogens is 3. The molecule has 4 nitrogen and oxygen atoms in total. The molecule has 0 spiro atoms. The molecule has 0 heterocycles. The van der Waals surface area contributed by atoms with Crippen LogP contribution >= 0.6 is 0 Å². The number of nitrogens with zero attached hydrogens (tertiary/aromatic N) is 1. The molecule has 2 rings (SSSR count). The average Bonchev–Trinajstić information content (AvgIpc) is 2.63. The van der Waals surface area contributed by atoms with Crippen molar-refractivity contribution >= 4 is 11.4 Å². The quantitative estimate of drug-likeness (QED) is 0.434. The number of alkyl halides is 3. The second kappa shape index (κ2) is 9.90. The fraction of sp³-hybridized carbons (Fsp3) is 0.333. The van der Waals surface area contributed by atoms with Crippen LogP contribution in [0.15, 0.2) is 30.3 Å². The summed E-state index contributed by atoms with van der Waals surface area (Å²) in [5.74, 6) is 2.54. The van der Waals surface area contributed by atoms with E-state index in [2.05, 4.69) is 16.7 Å². The summed E-state index contributed by atoms with van der Waals surface area (Å²) in [4.78, 5) is 1.72. The maximum Gasteiger partial charge on any atom is 0.573 e.